The van der Waals surface area contributed by atoms with E-state index in [1.807, 2.05) is 0 Å². The highest BCUT2D eigenvalue weighted by Crippen LogP contribution is 2.63. The van der Waals surface area contributed by atoms with Gasteiger partial charge in [0.1, 0.15) is 6.10 Å². The molecule has 17 heavy (non-hydrogen) atoms. The normalized spacial score (nSPS) is 39.4. The van der Waals surface area contributed by atoms with Gasteiger partial charge >= 0.3 is 5.97 Å². The first-order valence-corrected chi connectivity index (χ1v) is 6.21. The molecule has 0 aromatic carbocycles. The van der Waals surface area contributed by atoms with Crippen LogP contribution >= 0.6 is 0 Å². The van der Waals surface area contributed by atoms with E-state index in [4.69, 9.17) is 9.94 Å². The highest BCUT2D eigenvalue weighted by atomic mass is 16.6. The molecule has 1 N–H and O–H groups in total. The van der Waals surface area contributed by atoms with Crippen LogP contribution in [0, 0.1) is 16.7 Å². The Labute approximate surface area is 102 Å². The number of rotatable bonds is 3. The fourth-order valence-electron chi connectivity index (χ4n) is 3.69. The van der Waals surface area contributed by atoms with Crippen LogP contribution in [0.15, 0.2) is 5.16 Å². The molecule has 0 heterocycles. The zero-order valence-corrected chi connectivity index (χ0v) is 11.0. The van der Waals surface area contributed by atoms with Crippen LogP contribution in [-0.2, 0) is 9.63 Å². The quantitative estimate of drug-likeness (QED) is 0.608. The molecule has 0 aromatic heterocycles. The third-order valence-electron chi connectivity index (χ3n) is 4.74. The number of nitrogens with zero attached hydrogens (tertiary/aromatic N) is 1. The lowest BCUT2D eigenvalue weighted by Crippen LogP contribution is -2.41. The maximum Gasteiger partial charge on any atom is 0.353 e. The largest absolute Gasteiger partial charge is 0.477 e. The summed E-state index contributed by atoms with van der Waals surface area (Å²) in [6.45, 7) is 8.11. The average Bonchev–Trinajstić information content (AvgIpc) is 2.68. The van der Waals surface area contributed by atoms with E-state index in [-0.39, 0.29) is 22.6 Å². The molecule has 3 atom stereocenters. The maximum atomic E-state index is 10.7. The van der Waals surface area contributed by atoms with Crippen LogP contribution in [-0.4, -0.2) is 22.9 Å². The van der Waals surface area contributed by atoms with Crippen LogP contribution in [0.1, 0.15) is 47.0 Å². The third-order valence-corrected chi connectivity index (χ3v) is 4.74. The van der Waals surface area contributed by atoms with Crippen molar-refractivity contribution in [1.82, 2.24) is 0 Å². The Morgan fingerprint density at radius 2 is 2.06 bits per heavy atom. The van der Waals surface area contributed by atoms with E-state index in [0.717, 1.165) is 6.42 Å². The molecule has 2 rings (SSSR count). The second kappa shape index (κ2) is 3.72. The molecule has 4 heteroatoms. The van der Waals surface area contributed by atoms with E-state index in [1.54, 1.807) is 0 Å². The van der Waals surface area contributed by atoms with Crippen molar-refractivity contribution >= 4 is 11.7 Å². The van der Waals surface area contributed by atoms with Gasteiger partial charge in [-0.15, -0.1) is 0 Å². The zero-order chi connectivity index (χ0) is 12.8. The molecular weight excluding hydrogens is 218 g/mol. The number of hydrogen-bond acceptors (Lipinski definition) is 3. The van der Waals surface area contributed by atoms with Crippen LogP contribution in [0.25, 0.3) is 0 Å². The number of fused-ring (bicyclic) bond motifs is 2. The van der Waals surface area contributed by atoms with Crippen molar-refractivity contribution < 1.29 is 14.7 Å². The van der Waals surface area contributed by atoms with Gasteiger partial charge in [0.15, 0.2) is 5.71 Å². The number of carboxylic acids is 1. The summed E-state index contributed by atoms with van der Waals surface area (Å²) in [6, 6.07) is 0. The molecule has 2 saturated carbocycles. The summed E-state index contributed by atoms with van der Waals surface area (Å²) in [7, 11) is 0. The molecule has 0 saturated heterocycles. The number of carboxylic acid groups (broad SMARTS) is 1. The lowest BCUT2D eigenvalue weighted by molar-refractivity contribution is -0.130. The summed E-state index contributed by atoms with van der Waals surface area (Å²) < 4.78 is 0. The van der Waals surface area contributed by atoms with Gasteiger partial charge in [0.25, 0.3) is 0 Å². The number of oxime groups is 1. The van der Waals surface area contributed by atoms with Crippen LogP contribution in [0.4, 0.5) is 0 Å². The molecule has 0 aliphatic heterocycles. The van der Waals surface area contributed by atoms with Gasteiger partial charge in [-0.1, -0.05) is 25.9 Å². The summed E-state index contributed by atoms with van der Waals surface area (Å²) in [5.74, 6) is -0.339. The fraction of sp³-hybridized carbons (Fsp3) is 0.846. The first-order valence-electron chi connectivity index (χ1n) is 6.21. The van der Waals surface area contributed by atoms with Crippen molar-refractivity contribution in [3.63, 3.8) is 0 Å². The van der Waals surface area contributed by atoms with Gasteiger partial charge in [-0.25, -0.2) is 4.79 Å². The van der Waals surface area contributed by atoms with E-state index in [0.29, 0.717) is 5.92 Å². The van der Waals surface area contributed by atoms with E-state index < -0.39 is 5.97 Å². The summed E-state index contributed by atoms with van der Waals surface area (Å²) in [4.78, 5) is 16.3. The number of carbonyl (C=O) groups is 1. The smallest absolute Gasteiger partial charge is 0.353 e. The molecule has 0 amide bonds. The van der Waals surface area contributed by atoms with E-state index in [2.05, 4.69) is 25.9 Å². The molecule has 0 radical (unpaired) electrons. The Morgan fingerprint density at radius 1 is 1.41 bits per heavy atom. The Kier molecular flexibility index (Phi) is 2.71. The highest BCUT2D eigenvalue weighted by molar-refractivity contribution is 6.34. The second-order valence-corrected chi connectivity index (χ2v) is 6.38. The minimum atomic E-state index is -1.02. The van der Waals surface area contributed by atoms with Gasteiger partial charge in [0, 0.05) is 10.8 Å². The topological polar surface area (TPSA) is 58.9 Å². The van der Waals surface area contributed by atoms with Crippen LogP contribution in [0.2, 0.25) is 0 Å². The van der Waals surface area contributed by atoms with Crippen molar-refractivity contribution in [3.05, 3.63) is 0 Å². The first kappa shape index (κ1) is 12.4. The Balaban J connectivity index is 2.16. The Morgan fingerprint density at radius 3 is 2.53 bits per heavy atom. The highest BCUT2D eigenvalue weighted by Gasteiger charge is 2.61. The standard InChI is InChI=1S/C13H21NO3/c1-8(10(15)16)14-17-11-12(2,3)9-5-6-13(11,4)7-9/h9,11H,5-7H2,1-4H3,(H,15,16)/b14-8+/t9-,11-,13+/m0/s1. The molecule has 0 spiro atoms. The molecule has 2 aliphatic carbocycles. The van der Waals surface area contributed by atoms with Gasteiger partial charge in [0.2, 0.25) is 0 Å². The van der Waals surface area contributed by atoms with Gasteiger partial charge in [-0.05, 0) is 32.1 Å². The second-order valence-electron chi connectivity index (χ2n) is 6.38. The summed E-state index contributed by atoms with van der Waals surface area (Å²) in [5, 5.41) is 12.6. The average molecular weight is 239 g/mol. The van der Waals surface area contributed by atoms with Crippen molar-refractivity contribution in [2.24, 2.45) is 21.9 Å². The van der Waals surface area contributed by atoms with Gasteiger partial charge < -0.3 is 9.94 Å². The summed E-state index contributed by atoms with van der Waals surface area (Å²) in [6.07, 6.45) is 3.62. The minimum absolute atomic E-state index is 0.0205. The van der Waals surface area contributed by atoms with Crippen LogP contribution in [0.3, 0.4) is 0 Å². The number of hydrogen-bond donors (Lipinski definition) is 1. The third kappa shape index (κ3) is 1.83. The van der Waals surface area contributed by atoms with E-state index in [1.165, 1.54) is 19.8 Å². The molecule has 0 unspecified atom stereocenters. The monoisotopic (exact) mass is 239 g/mol. The predicted octanol–water partition coefficient (Wildman–Crippen LogP) is 2.68. The Hall–Kier alpha value is -1.06. The first-order chi connectivity index (χ1) is 7.77. The van der Waals surface area contributed by atoms with Gasteiger partial charge in [-0.3, -0.25) is 0 Å². The van der Waals surface area contributed by atoms with Gasteiger partial charge in [0.05, 0.1) is 0 Å². The van der Waals surface area contributed by atoms with Crippen LogP contribution in [0.5, 0.6) is 0 Å². The predicted molar refractivity (Wildman–Crippen MR) is 64.8 cm³/mol. The molecule has 2 aliphatic rings. The summed E-state index contributed by atoms with van der Waals surface area (Å²) >= 11 is 0. The molecular formula is C13H21NO3. The van der Waals surface area contributed by atoms with Gasteiger partial charge in [-0.2, -0.15) is 0 Å². The van der Waals surface area contributed by atoms with Crippen LogP contribution < -0.4 is 0 Å². The number of aliphatic carboxylic acids is 1. The zero-order valence-electron chi connectivity index (χ0n) is 11.0. The molecule has 0 aromatic rings. The van der Waals surface area contributed by atoms with E-state index in [9.17, 15) is 4.79 Å². The van der Waals surface area contributed by atoms with E-state index >= 15 is 0 Å². The van der Waals surface area contributed by atoms with Crippen molar-refractivity contribution in [1.29, 1.82) is 0 Å². The van der Waals surface area contributed by atoms with Crippen molar-refractivity contribution in [2.75, 3.05) is 0 Å². The Bertz CT molecular complexity index is 370. The minimum Gasteiger partial charge on any atom is -0.477 e. The van der Waals surface area contributed by atoms with Crippen molar-refractivity contribution in [3.8, 4) is 0 Å². The molecule has 4 nitrogen and oxygen atoms in total. The lowest BCUT2D eigenvalue weighted by Gasteiger charge is -2.40. The lowest BCUT2D eigenvalue weighted by atomic mass is 9.70. The maximum absolute atomic E-state index is 10.7. The molecule has 96 valence electrons. The molecule has 2 bridgehead atoms. The van der Waals surface area contributed by atoms with Crippen molar-refractivity contribution in [2.45, 2.75) is 53.1 Å². The molecule has 2 fully saturated rings. The summed E-state index contributed by atoms with van der Waals surface area (Å²) in [5.41, 5.74) is 0.276. The fourth-order valence-corrected chi connectivity index (χ4v) is 3.69. The SMILES string of the molecule is C/C(=N\O[C@H]1C(C)(C)[C@H]2CC[C@]1(C)C2)C(=O)O.